The van der Waals surface area contributed by atoms with E-state index >= 15 is 0 Å². The Balaban J connectivity index is 2.09. The molecule has 2 heterocycles. The van der Waals surface area contributed by atoms with Crippen LogP contribution in [0.1, 0.15) is 16.7 Å². The van der Waals surface area contributed by atoms with Crippen LogP contribution in [0.4, 0.5) is 0 Å². The number of hydrogen-bond acceptors (Lipinski definition) is 2. The predicted octanol–water partition coefficient (Wildman–Crippen LogP) is 2.31. The number of pyridine rings is 1. The van der Waals surface area contributed by atoms with E-state index in [1.165, 1.54) is 16.7 Å². The Labute approximate surface area is 113 Å². The summed E-state index contributed by atoms with van der Waals surface area (Å²) in [5.74, 6) is 0. The van der Waals surface area contributed by atoms with E-state index < -0.39 is 0 Å². The van der Waals surface area contributed by atoms with E-state index in [0.29, 0.717) is 0 Å². The lowest BCUT2D eigenvalue weighted by Crippen LogP contribution is -2.18. The summed E-state index contributed by atoms with van der Waals surface area (Å²) in [5, 5.41) is 0. The first kappa shape index (κ1) is 12.2. The van der Waals surface area contributed by atoms with Gasteiger partial charge in [0.15, 0.2) is 0 Å². The van der Waals surface area contributed by atoms with Crippen molar-refractivity contribution in [2.45, 2.75) is 20.0 Å². The first-order valence-electron chi connectivity index (χ1n) is 6.52. The minimum absolute atomic E-state index is 0.0737. The largest absolute Gasteiger partial charge is 0.318 e. The van der Waals surface area contributed by atoms with Gasteiger partial charge in [0, 0.05) is 31.9 Å². The summed E-state index contributed by atoms with van der Waals surface area (Å²) in [6, 6.07) is 8.58. The lowest BCUT2D eigenvalue weighted by atomic mass is 10.0. The average Bonchev–Trinajstić information content (AvgIpc) is 2.74. The van der Waals surface area contributed by atoms with Crippen molar-refractivity contribution < 1.29 is 0 Å². The molecule has 3 rings (SSSR count). The molecule has 0 unspecified atom stereocenters. The Bertz CT molecular complexity index is 674. The van der Waals surface area contributed by atoms with Crippen molar-refractivity contribution >= 4 is 0 Å². The highest BCUT2D eigenvalue weighted by Gasteiger charge is 2.16. The molecule has 1 aromatic heterocycles. The monoisotopic (exact) mass is 254 g/mol. The fourth-order valence-corrected chi connectivity index (χ4v) is 2.78. The van der Waals surface area contributed by atoms with E-state index in [4.69, 9.17) is 0 Å². The van der Waals surface area contributed by atoms with Crippen LogP contribution in [0.3, 0.4) is 0 Å². The molecule has 0 amide bonds. The van der Waals surface area contributed by atoms with E-state index in [0.717, 1.165) is 24.2 Å². The van der Waals surface area contributed by atoms with Gasteiger partial charge in [0.05, 0.1) is 0 Å². The number of aromatic nitrogens is 1. The van der Waals surface area contributed by atoms with Crippen molar-refractivity contribution in [1.82, 2.24) is 9.47 Å². The van der Waals surface area contributed by atoms with Gasteiger partial charge in [-0.3, -0.25) is 9.69 Å². The van der Waals surface area contributed by atoms with Crippen molar-refractivity contribution in [3.63, 3.8) is 0 Å². The summed E-state index contributed by atoms with van der Waals surface area (Å²) in [5.41, 5.74) is 5.96. The molecule has 0 aliphatic carbocycles. The van der Waals surface area contributed by atoms with Crippen LogP contribution >= 0.6 is 0 Å². The molecule has 2 aromatic rings. The minimum atomic E-state index is 0.0737. The zero-order chi connectivity index (χ0) is 13.6. The van der Waals surface area contributed by atoms with Gasteiger partial charge in [-0.05, 0) is 48.4 Å². The Morgan fingerprint density at radius 2 is 1.74 bits per heavy atom. The average molecular weight is 254 g/mol. The van der Waals surface area contributed by atoms with Gasteiger partial charge in [0.1, 0.15) is 0 Å². The molecule has 0 bridgehead atoms. The first-order chi connectivity index (χ1) is 9.04. The van der Waals surface area contributed by atoms with Gasteiger partial charge < -0.3 is 4.57 Å². The van der Waals surface area contributed by atoms with Gasteiger partial charge in [-0.25, -0.2) is 0 Å². The predicted molar refractivity (Wildman–Crippen MR) is 77.0 cm³/mol. The molecule has 19 heavy (non-hydrogen) atoms. The van der Waals surface area contributed by atoms with Crippen LogP contribution in [0, 0.1) is 6.92 Å². The van der Waals surface area contributed by atoms with Gasteiger partial charge >= 0.3 is 0 Å². The van der Waals surface area contributed by atoms with Crippen LogP contribution in [-0.2, 0) is 20.1 Å². The van der Waals surface area contributed by atoms with Crippen LogP contribution in [0.2, 0.25) is 0 Å². The van der Waals surface area contributed by atoms with E-state index in [1.54, 1.807) is 11.6 Å². The van der Waals surface area contributed by atoms with Crippen LogP contribution in [0.25, 0.3) is 11.1 Å². The molecule has 3 heteroatoms. The molecule has 1 aliphatic rings. The first-order valence-corrected chi connectivity index (χ1v) is 6.52. The summed E-state index contributed by atoms with van der Waals surface area (Å²) < 4.78 is 1.66. The van der Waals surface area contributed by atoms with Crippen LogP contribution in [0.5, 0.6) is 0 Å². The third-order valence-corrected chi connectivity index (χ3v) is 3.78. The van der Waals surface area contributed by atoms with Crippen molar-refractivity contribution in [3.8, 4) is 11.1 Å². The molecule has 0 N–H and O–H groups in total. The number of rotatable bonds is 1. The highest BCUT2D eigenvalue weighted by Crippen LogP contribution is 2.27. The molecule has 0 fully saturated rings. The lowest BCUT2D eigenvalue weighted by Gasteiger charge is -2.08. The van der Waals surface area contributed by atoms with Crippen LogP contribution < -0.4 is 5.56 Å². The molecular weight excluding hydrogens is 236 g/mol. The quantitative estimate of drug-likeness (QED) is 0.780. The van der Waals surface area contributed by atoms with E-state index in [9.17, 15) is 4.79 Å². The van der Waals surface area contributed by atoms with E-state index in [-0.39, 0.29) is 5.56 Å². The van der Waals surface area contributed by atoms with Crippen molar-refractivity contribution in [1.29, 1.82) is 0 Å². The summed E-state index contributed by atoms with van der Waals surface area (Å²) >= 11 is 0. The summed E-state index contributed by atoms with van der Waals surface area (Å²) in [4.78, 5) is 14.0. The van der Waals surface area contributed by atoms with Crippen LogP contribution in [-0.4, -0.2) is 16.5 Å². The number of nitrogens with zero attached hydrogens (tertiary/aromatic N) is 2. The Morgan fingerprint density at radius 3 is 2.47 bits per heavy atom. The van der Waals surface area contributed by atoms with Gasteiger partial charge in [-0.1, -0.05) is 12.1 Å². The van der Waals surface area contributed by atoms with E-state index in [2.05, 4.69) is 30.1 Å². The second-order valence-corrected chi connectivity index (χ2v) is 5.48. The molecule has 0 spiro atoms. The molecule has 1 aromatic carbocycles. The van der Waals surface area contributed by atoms with Crippen LogP contribution in [0.15, 0.2) is 35.3 Å². The number of aryl methyl sites for hydroxylation is 2. The molecule has 0 radical (unpaired) electrons. The number of fused-ring (bicyclic) bond motifs is 1. The van der Waals surface area contributed by atoms with Gasteiger partial charge in [0.2, 0.25) is 0 Å². The highest BCUT2D eigenvalue weighted by molar-refractivity contribution is 5.65. The normalized spacial score (nSPS) is 14.7. The SMILES string of the molecule is Cc1cc(-c2ccc3c(c2)CN(C)C3)cn(C)c1=O. The van der Waals surface area contributed by atoms with E-state index in [1.807, 2.05) is 19.2 Å². The number of hydrogen-bond donors (Lipinski definition) is 0. The summed E-state index contributed by atoms with van der Waals surface area (Å²) in [6.07, 6.45) is 1.91. The maximum atomic E-state index is 11.7. The molecular formula is C16H18N2O. The standard InChI is InChI=1S/C16H18N2O/c1-11-6-14(10-18(3)16(11)19)12-4-5-13-8-17(2)9-15(13)7-12/h4-7,10H,8-9H2,1-3H3. The zero-order valence-corrected chi connectivity index (χ0v) is 11.6. The minimum Gasteiger partial charge on any atom is -0.318 e. The lowest BCUT2D eigenvalue weighted by molar-refractivity contribution is 0.353. The second-order valence-electron chi connectivity index (χ2n) is 5.48. The molecule has 1 aliphatic heterocycles. The van der Waals surface area contributed by atoms with Gasteiger partial charge in [0.25, 0.3) is 5.56 Å². The maximum absolute atomic E-state index is 11.7. The fourth-order valence-electron chi connectivity index (χ4n) is 2.78. The molecule has 0 saturated carbocycles. The van der Waals surface area contributed by atoms with Gasteiger partial charge in [-0.15, -0.1) is 0 Å². The fraction of sp³-hybridized carbons (Fsp3) is 0.312. The topological polar surface area (TPSA) is 25.2 Å². The third kappa shape index (κ3) is 2.10. The third-order valence-electron chi connectivity index (χ3n) is 3.78. The van der Waals surface area contributed by atoms with Crippen molar-refractivity contribution in [3.05, 3.63) is 57.5 Å². The highest BCUT2D eigenvalue weighted by atomic mass is 16.1. The van der Waals surface area contributed by atoms with Crippen molar-refractivity contribution in [2.75, 3.05) is 7.05 Å². The molecule has 0 atom stereocenters. The maximum Gasteiger partial charge on any atom is 0.253 e. The Kier molecular flexibility index (Phi) is 2.79. The molecule has 0 saturated heterocycles. The molecule has 98 valence electrons. The second kappa shape index (κ2) is 4.35. The summed E-state index contributed by atoms with van der Waals surface area (Å²) in [6.45, 7) is 3.91. The smallest absolute Gasteiger partial charge is 0.253 e. The molecule has 3 nitrogen and oxygen atoms in total. The zero-order valence-electron chi connectivity index (χ0n) is 11.6. The van der Waals surface area contributed by atoms with Gasteiger partial charge in [-0.2, -0.15) is 0 Å². The number of benzene rings is 1. The summed E-state index contributed by atoms with van der Waals surface area (Å²) in [7, 11) is 3.94. The van der Waals surface area contributed by atoms with Crippen molar-refractivity contribution in [2.24, 2.45) is 7.05 Å². The Hall–Kier alpha value is -1.87. The Morgan fingerprint density at radius 1 is 1.00 bits per heavy atom.